The van der Waals surface area contributed by atoms with Gasteiger partial charge in [-0.25, -0.2) is 15.0 Å². The number of morpholine rings is 1. The van der Waals surface area contributed by atoms with Crippen molar-refractivity contribution in [3.05, 3.63) is 42.4 Å². The van der Waals surface area contributed by atoms with Crippen molar-refractivity contribution < 1.29 is 17.9 Å². The predicted molar refractivity (Wildman–Crippen MR) is 84.3 cm³/mol. The van der Waals surface area contributed by atoms with Crippen LogP contribution < -0.4 is 4.90 Å². The number of fused-ring (bicyclic) bond motifs is 1. The number of nitrogens with zero attached hydrogens (tertiary/aromatic N) is 5. The Labute approximate surface area is 140 Å². The number of rotatable bonds is 2. The van der Waals surface area contributed by atoms with Gasteiger partial charge in [-0.1, -0.05) is 0 Å². The van der Waals surface area contributed by atoms with E-state index in [1.807, 2.05) is 4.90 Å². The normalized spacial score (nSPS) is 15.7. The van der Waals surface area contributed by atoms with Gasteiger partial charge in [-0.05, 0) is 18.2 Å². The summed E-state index contributed by atoms with van der Waals surface area (Å²) in [5, 5.41) is 0. The second-order valence-electron chi connectivity index (χ2n) is 5.63. The molecule has 0 atom stereocenters. The van der Waals surface area contributed by atoms with Gasteiger partial charge in [-0.15, -0.1) is 0 Å². The summed E-state index contributed by atoms with van der Waals surface area (Å²) in [7, 11) is 0. The van der Waals surface area contributed by atoms with Crippen LogP contribution in [0.4, 0.5) is 19.1 Å². The van der Waals surface area contributed by atoms with Crippen LogP contribution in [0.15, 0.2) is 36.8 Å². The highest BCUT2D eigenvalue weighted by molar-refractivity contribution is 5.61. The molecule has 1 fully saturated rings. The van der Waals surface area contributed by atoms with Crippen molar-refractivity contribution in [1.29, 1.82) is 0 Å². The van der Waals surface area contributed by atoms with Gasteiger partial charge in [0.05, 0.1) is 36.4 Å². The van der Waals surface area contributed by atoms with Crippen LogP contribution in [-0.2, 0) is 10.9 Å². The number of hydrogen-bond donors (Lipinski definition) is 0. The van der Waals surface area contributed by atoms with Gasteiger partial charge in [0.1, 0.15) is 5.65 Å². The van der Waals surface area contributed by atoms with Crippen LogP contribution >= 0.6 is 0 Å². The summed E-state index contributed by atoms with van der Waals surface area (Å²) in [5.41, 5.74) is 0.692. The third-order valence-corrected chi connectivity index (χ3v) is 4.03. The number of hydrogen-bond acceptors (Lipinski definition) is 5. The Balaban J connectivity index is 1.76. The smallest absolute Gasteiger partial charge is 0.378 e. The van der Waals surface area contributed by atoms with Crippen LogP contribution in [0.1, 0.15) is 5.56 Å². The molecule has 4 heterocycles. The maximum Gasteiger partial charge on any atom is 0.417 e. The summed E-state index contributed by atoms with van der Waals surface area (Å²) >= 11 is 0. The van der Waals surface area contributed by atoms with E-state index in [0.717, 1.165) is 12.3 Å². The second kappa shape index (κ2) is 5.99. The average molecular weight is 349 g/mol. The predicted octanol–water partition coefficient (Wildman–Crippen LogP) is 2.65. The third kappa shape index (κ3) is 3.02. The first-order chi connectivity index (χ1) is 12.0. The van der Waals surface area contributed by atoms with E-state index in [1.54, 1.807) is 12.3 Å². The molecule has 0 amide bonds. The summed E-state index contributed by atoms with van der Waals surface area (Å²) in [6.07, 6.45) is -0.268. The number of imidazole rings is 1. The third-order valence-electron chi connectivity index (χ3n) is 4.03. The van der Waals surface area contributed by atoms with Crippen molar-refractivity contribution in [3.8, 4) is 11.4 Å². The molecule has 0 N–H and O–H groups in total. The van der Waals surface area contributed by atoms with Gasteiger partial charge in [0.25, 0.3) is 0 Å². The molecule has 0 unspecified atom stereocenters. The molecular weight excluding hydrogens is 335 g/mol. The fourth-order valence-electron chi connectivity index (χ4n) is 2.74. The van der Waals surface area contributed by atoms with Crippen molar-refractivity contribution in [3.63, 3.8) is 0 Å². The molecule has 4 rings (SSSR count). The minimum Gasteiger partial charge on any atom is -0.378 e. The lowest BCUT2D eigenvalue weighted by molar-refractivity contribution is -0.137. The zero-order chi connectivity index (χ0) is 17.4. The van der Waals surface area contributed by atoms with Crippen LogP contribution in [0.3, 0.4) is 0 Å². The zero-order valence-electron chi connectivity index (χ0n) is 13.1. The molecule has 25 heavy (non-hydrogen) atoms. The molecule has 0 spiro atoms. The molecule has 3 aromatic heterocycles. The van der Waals surface area contributed by atoms with Crippen molar-refractivity contribution in [2.45, 2.75) is 6.18 Å². The van der Waals surface area contributed by atoms with Gasteiger partial charge in [0.15, 0.2) is 0 Å². The molecule has 0 aromatic carbocycles. The average Bonchev–Trinajstić information content (AvgIpc) is 3.05. The van der Waals surface area contributed by atoms with Crippen molar-refractivity contribution in [1.82, 2.24) is 19.4 Å². The lowest BCUT2D eigenvalue weighted by Crippen LogP contribution is -2.37. The highest BCUT2D eigenvalue weighted by Crippen LogP contribution is 2.30. The van der Waals surface area contributed by atoms with Gasteiger partial charge in [0.2, 0.25) is 5.95 Å². The highest BCUT2D eigenvalue weighted by atomic mass is 19.4. The Bertz CT molecular complexity index is 902. The number of halogens is 3. The minimum atomic E-state index is -4.42. The fourth-order valence-corrected chi connectivity index (χ4v) is 2.74. The van der Waals surface area contributed by atoms with Crippen LogP contribution in [0.2, 0.25) is 0 Å². The summed E-state index contributed by atoms with van der Waals surface area (Å²) in [6.45, 7) is 2.54. The number of alkyl halides is 3. The van der Waals surface area contributed by atoms with E-state index in [0.29, 0.717) is 49.3 Å². The van der Waals surface area contributed by atoms with Crippen LogP contribution in [0, 0.1) is 0 Å². The molecule has 0 aliphatic carbocycles. The molecule has 9 heteroatoms. The molecule has 1 aliphatic rings. The molecule has 0 bridgehead atoms. The summed E-state index contributed by atoms with van der Waals surface area (Å²) in [6, 6.07) is 4.02. The molecule has 1 saturated heterocycles. The number of pyridine rings is 1. The summed E-state index contributed by atoms with van der Waals surface area (Å²) in [5.74, 6) is 0.530. The number of ether oxygens (including phenoxy) is 1. The van der Waals surface area contributed by atoms with Crippen molar-refractivity contribution in [2.24, 2.45) is 0 Å². The molecule has 3 aromatic rings. The van der Waals surface area contributed by atoms with Gasteiger partial charge >= 0.3 is 6.18 Å². The lowest BCUT2D eigenvalue weighted by Gasteiger charge is -2.26. The van der Waals surface area contributed by atoms with Crippen LogP contribution in [0.5, 0.6) is 0 Å². The first-order valence-corrected chi connectivity index (χ1v) is 7.73. The van der Waals surface area contributed by atoms with E-state index in [2.05, 4.69) is 15.0 Å². The lowest BCUT2D eigenvalue weighted by atomic mass is 10.2. The summed E-state index contributed by atoms with van der Waals surface area (Å²) < 4.78 is 45.7. The highest BCUT2D eigenvalue weighted by Gasteiger charge is 2.31. The van der Waals surface area contributed by atoms with Gasteiger partial charge in [0, 0.05) is 25.5 Å². The Hall–Kier alpha value is -2.68. The molecule has 130 valence electrons. The standard InChI is InChI=1S/C16H14F3N5O/c17-16(18,19)11-1-2-14-21-9-13(24(14)10-11)12-3-4-20-15(22-12)23-5-7-25-8-6-23/h1-4,9-10H,5-8H2. The summed E-state index contributed by atoms with van der Waals surface area (Å²) in [4.78, 5) is 14.9. The van der Waals surface area contributed by atoms with Crippen LogP contribution in [-0.4, -0.2) is 45.7 Å². The maximum atomic E-state index is 13.0. The van der Waals surface area contributed by atoms with E-state index in [1.165, 1.54) is 16.7 Å². The fraction of sp³-hybridized carbons (Fsp3) is 0.312. The number of aromatic nitrogens is 4. The zero-order valence-corrected chi connectivity index (χ0v) is 13.1. The van der Waals surface area contributed by atoms with Crippen molar-refractivity contribution in [2.75, 3.05) is 31.2 Å². The largest absolute Gasteiger partial charge is 0.417 e. The van der Waals surface area contributed by atoms with E-state index < -0.39 is 11.7 Å². The maximum absolute atomic E-state index is 13.0. The number of anilines is 1. The molecule has 1 aliphatic heterocycles. The molecular formula is C16H14F3N5O. The second-order valence-corrected chi connectivity index (χ2v) is 5.63. The van der Waals surface area contributed by atoms with E-state index in [9.17, 15) is 13.2 Å². The Morgan fingerprint density at radius 1 is 1.04 bits per heavy atom. The quantitative estimate of drug-likeness (QED) is 0.712. The first-order valence-electron chi connectivity index (χ1n) is 7.73. The van der Waals surface area contributed by atoms with Crippen LogP contribution in [0.25, 0.3) is 17.0 Å². The Morgan fingerprint density at radius 2 is 1.84 bits per heavy atom. The van der Waals surface area contributed by atoms with Gasteiger partial charge in [-0.3, -0.25) is 4.40 Å². The monoisotopic (exact) mass is 349 g/mol. The molecule has 6 nitrogen and oxygen atoms in total. The van der Waals surface area contributed by atoms with Crippen molar-refractivity contribution >= 4 is 11.6 Å². The molecule has 0 saturated carbocycles. The Kier molecular flexibility index (Phi) is 3.79. The van der Waals surface area contributed by atoms with Gasteiger partial charge in [-0.2, -0.15) is 13.2 Å². The Morgan fingerprint density at radius 3 is 2.60 bits per heavy atom. The minimum absolute atomic E-state index is 0.425. The van der Waals surface area contributed by atoms with E-state index in [4.69, 9.17) is 4.74 Å². The van der Waals surface area contributed by atoms with E-state index in [-0.39, 0.29) is 0 Å². The first kappa shape index (κ1) is 15.8. The topological polar surface area (TPSA) is 55.5 Å². The SMILES string of the molecule is FC(F)(F)c1ccc2ncc(-c3ccnc(N4CCOCC4)n3)n2c1. The van der Waals surface area contributed by atoms with Gasteiger partial charge < -0.3 is 9.64 Å². The molecule has 0 radical (unpaired) electrons. The van der Waals surface area contributed by atoms with E-state index >= 15 is 0 Å².